The molecule has 0 aromatic heterocycles. The zero-order valence-corrected chi connectivity index (χ0v) is 13.6. The van der Waals surface area contributed by atoms with Crippen molar-refractivity contribution in [2.24, 2.45) is 5.92 Å². The summed E-state index contributed by atoms with van der Waals surface area (Å²) in [7, 11) is 0. The maximum atomic E-state index is 13.0. The van der Waals surface area contributed by atoms with Crippen molar-refractivity contribution in [2.75, 3.05) is 26.2 Å². The molecule has 2 rings (SSSR count). The molecule has 0 bridgehead atoms. The summed E-state index contributed by atoms with van der Waals surface area (Å²) in [5.74, 6) is -1.61. The molecule has 1 N–H and O–H groups in total. The van der Waals surface area contributed by atoms with Crippen molar-refractivity contribution in [3.63, 3.8) is 0 Å². The van der Waals surface area contributed by atoms with E-state index in [1.165, 1.54) is 18.2 Å². The normalized spacial score (nSPS) is 17.2. The molecule has 24 heavy (non-hydrogen) atoms. The largest absolute Gasteiger partial charge is 0.454 e. The monoisotopic (exact) mass is 336 g/mol. The number of amides is 2. The molecule has 1 aliphatic heterocycles. The van der Waals surface area contributed by atoms with Gasteiger partial charge >= 0.3 is 5.97 Å². The Kier molecular flexibility index (Phi) is 6.28. The Labute approximate surface area is 140 Å². The molecule has 7 heteroatoms. The lowest BCUT2D eigenvalue weighted by Gasteiger charge is -2.30. The first kappa shape index (κ1) is 17.9. The van der Waals surface area contributed by atoms with Crippen molar-refractivity contribution >= 4 is 17.8 Å². The lowest BCUT2D eigenvalue weighted by atomic mass is 10.0. The standard InChI is InChI=1S/C17H21FN2O4/c1-12-4-3-7-20(10-12)15(21)11-24-16(22)9-19-17(23)13-5-2-6-14(18)8-13/h2,5-6,8,12H,3-4,7,9-11H2,1H3,(H,19,23)/t12-/m1/s1. The van der Waals surface area contributed by atoms with Crippen molar-refractivity contribution in [3.8, 4) is 0 Å². The fourth-order valence-corrected chi connectivity index (χ4v) is 2.58. The summed E-state index contributed by atoms with van der Waals surface area (Å²) < 4.78 is 17.9. The average molecular weight is 336 g/mol. The van der Waals surface area contributed by atoms with Crippen LogP contribution in [-0.4, -0.2) is 48.9 Å². The van der Waals surface area contributed by atoms with E-state index in [1.807, 2.05) is 0 Å². The second-order valence-electron chi connectivity index (χ2n) is 5.94. The summed E-state index contributed by atoms with van der Waals surface area (Å²) in [6.07, 6.45) is 2.04. The van der Waals surface area contributed by atoms with E-state index in [2.05, 4.69) is 12.2 Å². The van der Waals surface area contributed by atoms with Gasteiger partial charge in [0.25, 0.3) is 11.8 Å². The first-order chi connectivity index (χ1) is 11.5. The molecule has 6 nitrogen and oxygen atoms in total. The highest BCUT2D eigenvalue weighted by atomic mass is 19.1. The second kappa shape index (κ2) is 8.42. The molecule has 1 heterocycles. The Balaban J connectivity index is 1.71. The Morgan fingerprint density at radius 3 is 2.88 bits per heavy atom. The Hall–Kier alpha value is -2.44. The highest BCUT2D eigenvalue weighted by Gasteiger charge is 2.21. The number of halogens is 1. The van der Waals surface area contributed by atoms with Gasteiger partial charge in [-0.05, 0) is 37.0 Å². The van der Waals surface area contributed by atoms with E-state index in [-0.39, 0.29) is 24.6 Å². The molecule has 130 valence electrons. The van der Waals surface area contributed by atoms with Gasteiger partial charge in [0.2, 0.25) is 0 Å². The fraction of sp³-hybridized carbons (Fsp3) is 0.471. The molecule has 0 spiro atoms. The van der Waals surface area contributed by atoms with Gasteiger partial charge in [-0.15, -0.1) is 0 Å². The molecular formula is C17H21FN2O4. The number of benzene rings is 1. The van der Waals surface area contributed by atoms with E-state index in [1.54, 1.807) is 4.90 Å². The molecule has 0 saturated carbocycles. The summed E-state index contributed by atoms with van der Waals surface area (Å²) in [5.41, 5.74) is 0.112. The predicted molar refractivity (Wildman–Crippen MR) is 84.7 cm³/mol. The van der Waals surface area contributed by atoms with Gasteiger partial charge in [0.05, 0.1) is 0 Å². The molecule has 1 atom stereocenters. The van der Waals surface area contributed by atoms with E-state index in [4.69, 9.17) is 4.74 Å². The quantitative estimate of drug-likeness (QED) is 0.824. The number of likely N-dealkylation sites (tertiary alicyclic amines) is 1. The first-order valence-corrected chi connectivity index (χ1v) is 7.93. The van der Waals surface area contributed by atoms with E-state index in [0.29, 0.717) is 19.0 Å². The number of hydrogen-bond acceptors (Lipinski definition) is 4. The van der Waals surface area contributed by atoms with Crippen LogP contribution in [0.4, 0.5) is 4.39 Å². The van der Waals surface area contributed by atoms with Crippen molar-refractivity contribution in [1.82, 2.24) is 10.2 Å². The van der Waals surface area contributed by atoms with Crippen LogP contribution in [0.15, 0.2) is 24.3 Å². The minimum absolute atomic E-state index is 0.112. The highest BCUT2D eigenvalue weighted by molar-refractivity contribution is 5.96. The van der Waals surface area contributed by atoms with Crippen LogP contribution >= 0.6 is 0 Å². The SMILES string of the molecule is C[C@@H]1CCCN(C(=O)COC(=O)CNC(=O)c2cccc(F)c2)C1. The van der Waals surface area contributed by atoms with Crippen LogP contribution in [0.1, 0.15) is 30.1 Å². The summed E-state index contributed by atoms with van der Waals surface area (Å²) in [4.78, 5) is 37.0. The van der Waals surface area contributed by atoms with Gasteiger partial charge in [0.1, 0.15) is 12.4 Å². The van der Waals surface area contributed by atoms with E-state index in [9.17, 15) is 18.8 Å². The fourth-order valence-electron chi connectivity index (χ4n) is 2.58. The number of nitrogens with zero attached hydrogens (tertiary/aromatic N) is 1. The molecular weight excluding hydrogens is 315 g/mol. The summed E-state index contributed by atoms with van der Waals surface area (Å²) in [6, 6.07) is 5.13. The molecule has 1 aromatic rings. The Morgan fingerprint density at radius 1 is 1.38 bits per heavy atom. The topological polar surface area (TPSA) is 75.7 Å². The van der Waals surface area contributed by atoms with Crippen LogP contribution in [0.5, 0.6) is 0 Å². The van der Waals surface area contributed by atoms with Crippen LogP contribution < -0.4 is 5.32 Å². The van der Waals surface area contributed by atoms with Crippen molar-refractivity contribution in [3.05, 3.63) is 35.6 Å². The van der Waals surface area contributed by atoms with Crippen molar-refractivity contribution in [1.29, 1.82) is 0 Å². The van der Waals surface area contributed by atoms with Crippen LogP contribution in [-0.2, 0) is 14.3 Å². The van der Waals surface area contributed by atoms with Gasteiger partial charge in [0.15, 0.2) is 6.61 Å². The van der Waals surface area contributed by atoms with Gasteiger partial charge in [-0.25, -0.2) is 4.39 Å². The molecule has 1 aromatic carbocycles. The molecule has 1 saturated heterocycles. The van der Waals surface area contributed by atoms with Crippen molar-refractivity contribution in [2.45, 2.75) is 19.8 Å². The van der Waals surface area contributed by atoms with Gasteiger partial charge in [-0.3, -0.25) is 14.4 Å². The molecule has 1 aliphatic rings. The van der Waals surface area contributed by atoms with Gasteiger partial charge in [-0.1, -0.05) is 13.0 Å². The number of carbonyl (C=O) groups excluding carboxylic acids is 3. The third-order valence-electron chi connectivity index (χ3n) is 3.85. The number of esters is 1. The predicted octanol–water partition coefficient (Wildman–Crippen LogP) is 1.36. The molecule has 1 fully saturated rings. The minimum Gasteiger partial charge on any atom is -0.454 e. The number of nitrogens with one attached hydrogen (secondary N) is 1. The van der Waals surface area contributed by atoms with Crippen molar-refractivity contribution < 1.29 is 23.5 Å². The lowest BCUT2D eigenvalue weighted by Crippen LogP contribution is -2.42. The summed E-state index contributed by atoms with van der Waals surface area (Å²) in [6.45, 7) is 2.72. The van der Waals surface area contributed by atoms with Crippen LogP contribution in [0.2, 0.25) is 0 Å². The summed E-state index contributed by atoms with van der Waals surface area (Å²) in [5, 5.41) is 2.33. The van der Waals surface area contributed by atoms with E-state index in [0.717, 1.165) is 18.9 Å². The van der Waals surface area contributed by atoms with Gasteiger partial charge < -0.3 is 15.0 Å². The number of rotatable bonds is 5. The lowest BCUT2D eigenvalue weighted by molar-refractivity contribution is -0.151. The smallest absolute Gasteiger partial charge is 0.325 e. The van der Waals surface area contributed by atoms with E-state index < -0.39 is 17.7 Å². The zero-order chi connectivity index (χ0) is 17.5. The summed E-state index contributed by atoms with van der Waals surface area (Å²) >= 11 is 0. The Bertz CT molecular complexity index is 620. The second-order valence-corrected chi connectivity index (χ2v) is 5.94. The average Bonchev–Trinajstić information content (AvgIpc) is 2.57. The number of hydrogen-bond donors (Lipinski definition) is 1. The maximum Gasteiger partial charge on any atom is 0.325 e. The molecule has 0 radical (unpaired) electrons. The minimum atomic E-state index is -0.710. The van der Waals surface area contributed by atoms with Gasteiger partial charge in [0, 0.05) is 18.7 Å². The van der Waals surface area contributed by atoms with Gasteiger partial charge in [-0.2, -0.15) is 0 Å². The molecule has 0 unspecified atom stereocenters. The first-order valence-electron chi connectivity index (χ1n) is 7.93. The maximum absolute atomic E-state index is 13.0. The number of ether oxygens (including phenoxy) is 1. The van der Waals surface area contributed by atoms with Crippen LogP contribution in [0.25, 0.3) is 0 Å². The third kappa shape index (κ3) is 5.33. The third-order valence-corrected chi connectivity index (χ3v) is 3.85. The highest BCUT2D eigenvalue weighted by Crippen LogP contribution is 2.15. The zero-order valence-electron chi connectivity index (χ0n) is 13.6. The molecule has 2 amide bonds. The number of piperidine rings is 1. The van der Waals surface area contributed by atoms with Crippen LogP contribution in [0, 0.1) is 11.7 Å². The number of carbonyl (C=O) groups is 3. The van der Waals surface area contributed by atoms with E-state index >= 15 is 0 Å². The van der Waals surface area contributed by atoms with Crippen LogP contribution in [0.3, 0.4) is 0 Å². The molecule has 0 aliphatic carbocycles. The Morgan fingerprint density at radius 2 is 2.17 bits per heavy atom.